The Morgan fingerprint density at radius 2 is 1.86 bits per heavy atom. The van der Waals surface area contributed by atoms with Crippen LogP contribution in [0.2, 0.25) is 0 Å². The van der Waals surface area contributed by atoms with E-state index in [9.17, 15) is 13.8 Å². The summed E-state index contributed by atoms with van der Waals surface area (Å²) >= 11 is 0. The number of unbranched alkanes of at least 4 members (excludes halogenated alkanes) is 1. The van der Waals surface area contributed by atoms with Crippen LogP contribution in [-0.2, 0) is 18.8 Å². The highest BCUT2D eigenvalue weighted by molar-refractivity contribution is 8.08. The monoisotopic (exact) mass is 439 g/mol. The van der Waals surface area contributed by atoms with Crippen molar-refractivity contribution in [1.82, 2.24) is 0 Å². The van der Waals surface area contributed by atoms with Crippen LogP contribution in [0.4, 0.5) is 4.20 Å². The van der Waals surface area contributed by atoms with Gasteiger partial charge in [0.15, 0.2) is 6.29 Å². The number of hydrogen-bond donors (Lipinski definition) is 3. The zero-order chi connectivity index (χ0) is 21.6. The van der Waals surface area contributed by atoms with E-state index in [0.29, 0.717) is 37.2 Å². The second-order valence-corrected chi connectivity index (χ2v) is 7.75. The Hall–Kier alpha value is -1.37. The molecule has 1 rings (SSSR count). The highest BCUT2D eigenvalue weighted by atomic mass is 32.0. The molecule has 1 aromatic carbocycles. The Morgan fingerprint density at radius 1 is 1.18 bits per heavy atom. The SMILES string of the molecule is [2H]OCC(CCCCOc1ccc(C(O)O)cc1)OC(=O)CCC(=O)OP(F)P. The Labute approximate surface area is 167 Å². The van der Waals surface area contributed by atoms with E-state index >= 15 is 0 Å². The average Bonchev–Trinajstić information content (AvgIpc) is 2.66. The molecule has 28 heavy (non-hydrogen) atoms. The van der Waals surface area contributed by atoms with Crippen molar-refractivity contribution in [3.63, 3.8) is 0 Å². The van der Waals surface area contributed by atoms with E-state index in [1.807, 2.05) is 0 Å². The van der Waals surface area contributed by atoms with Gasteiger partial charge in [0.05, 0.1) is 26.1 Å². The van der Waals surface area contributed by atoms with Crippen molar-refractivity contribution < 1.29 is 43.1 Å². The van der Waals surface area contributed by atoms with E-state index in [0.717, 1.165) is 0 Å². The van der Waals surface area contributed by atoms with Gasteiger partial charge < -0.3 is 29.3 Å². The number of esters is 1. The molecule has 1 aromatic rings. The first-order valence-corrected chi connectivity index (χ1v) is 11.4. The van der Waals surface area contributed by atoms with Crippen molar-refractivity contribution in [1.29, 1.82) is 1.43 Å². The zero-order valence-electron chi connectivity index (χ0n) is 16.2. The molecule has 11 heteroatoms. The second kappa shape index (κ2) is 13.7. The van der Waals surface area contributed by atoms with Gasteiger partial charge in [-0.2, -0.15) is 4.20 Å². The molecule has 0 saturated heterocycles. The molecular weight excluding hydrogens is 413 g/mol. The maximum absolute atomic E-state index is 12.5. The quantitative estimate of drug-likeness (QED) is 0.175. The number of halogens is 1. The van der Waals surface area contributed by atoms with Crippen LogP contribution < -0.4 is 4.74 Å². The minimum Gasteiger partial charge on any atom is -0.494 e. The van der Waals surface area contributed by atoms with Crippen molar-refractivity contribution in [3.05, 3.63) is 29.8 Å². The zero-order valence-corrected chi connectivity index (χ0v) is 17.2. The van der Waals surface area contributed by atoms with Gasteiger partial charge in [-0.3, -0.25) is 9.59 Å². The van der Waals surface area contributed by atoms with Crippen molar-refractivity contribution >= 4 is 29.0 Å². The molecule has 0 amide bonds. The van der Waals surface area contributed by atoms with Gasteiger partial charge in [0.1, 0.15) is 11.9 Å². The van der Waals surface area contributed by atoms with E-state index < -0.39 is 32.5 Å². The number of ether oxygens (including phenoxy) is 2. The maximum Gasteiger partial charge on any atom is 0.311 e. The summed E-state index contributed by atoms with van der Waals surface area (Å²) in [6.07, 6.45) is -0.975. The fourth-order valence-electron chi connectivity index (χ4n) is 2.17. The maximum atomic E-state index is 12.5. The summed E-state index contributed by atoms with van der Waals surface area (Å²) in [5.74, 6) is -0.892. The first-order valence-electron chi connectivity index (χ1n) is 9.00. The van der Waals surface area contributed by atoms with E-state index in [1.165, 1.54) is 0 Å². The molecule has 0 aliphatic rings. The highest BCUT2D eigenvalue weighted by Gasteiger charge is 2.16. The molecule has 0 aromatic heterocycles. The van der Waals surface area contributed by atoms with Gasteiger partial charge in [0.2, 0.25) is 1.43 Å². The van der Waals surface area contributed by atoms with Crippen LogP contribution >= 0.6 is 17.1 Å². The van der Waals surface area contributed by atoms with Crippen molar-refractivity contribution in [2.75, 3.05) is 13.2 Å². The Bertz CT molecular complexity index is 618. The van der Waals surface area contributed by atoms with Crippen LogP contribution in [0.5, 0.6) is 5.75 Å². The molecule has 0 aliphatic heterocycles. The molecular formula is C17H25FO8P2. The minimum atomic E-state index is -2.39. The predicted octanol–water partition coefficient (Wildman–Crippen LogP) is 2.52. The molecule has 0 spiro atoms. The van der Waals surface area contributed by atoms with Crippen LogP contribution in [0.1, 0.15) is 44.0 Å². The molecule has 3 unspecified atom stereocenters. The fraction of sp³-hybridized carbons (Fsp3) is 0.529. The second-order valence-electron chi connectivity index (χ2n) is 5.80. The molecule has 3 atom stereocenters. The van der Waals surface area contributed by atoms with Gasteiger partial charge in [-0.15, -0.1) is 0 Å². The summed E-state index contributed by atoms with van der Waals surface area (Å²) in [4.78, 5) is 23.0. The molecule has 0 radical (unpaired) electrons. The number of rotatable bonds is 14. The normalized spacial score (nSPS) is 13.5. The summed E-state index contributed by atoms with van der Waals surface area (Å²) in [6.45, 7) is 0.292. The van der Waals surface area contributed by atoms with Crippen LogP contribution in [0.25, 0.3) is 0 Å². The fourth-order valence-corrected chi connectivity index (χ4v) is 2.81. The topological polar surface area (TPSA) is 123 Å². The van der Waals surface area contributed by atoms with Gasteiger partial charge in [-0.25, -0.2) is 0 Å². The van der Waals surface area contributed by atoms with Crippen molar-refractivity contribution in [2.45, 2.75) is 44.5 Å². The lowest BCUT2D eigenvalue weighted by Gasteiger charge is -2.15. The standard InChI is InChI=1S/C17H25FO8P2/c18-28(27)26-16(21)9-8-15(20)25-14(11-19)3-1-2-10-24-13-6-4-12(5-7-13)17(22)23/h4-7,14,17,19,22-23H,1-3,8-11,27H2/i19D. The first-order chi connectivity index (χ1) is 13.8. The molecule has 0 heterocycles. The van der Waals surface area contributed by atoms with E-state index in [2.05, 4.69) is 9.63 Å². The Morgan fingerprint density at radius 3 is 2.46 bits per heavy atom. The lowest BCUT2D eigenvalue weighted by atomic mass is 10.1. The first kappa shape index (κ1) is 22.9. The van der Waals surface area contributed by atoms with Gasteiger partial charge in [0.25, 0.3) is 8.15 Å². The number of carbonyl (C=O) groups excluding carboxylic acids is 2. The van der Waals surface area contributed by atoms with E-state index in [-0.39, 0.29) is 19.4 Å². The summed E-state index contributed by atoms with van der Waals surface area (Å²) in [7, 11) is -0.661. The smallest absolute Gasteiger partial charge is 0.311 e. The Balaban J connectivity index is 2.26. The molecule has 3 N–H and O–H groups in total. The highest BCUT2D eigenvalue weighted by Crippen LogP contribution is 2.47. The Kier molecular flexibility index (Phi) is 11.3. The molecule has 0 bridgehead atoms. The van der Waals surface area contributed by atoms with Crippen LogP contribution in [0, 0.1) is 0 Å². The number of hydrogen-bond acceptors (Lipinski definition) is 8. The number of aliphatic hydroxyl groups excluding tert-OH is 2. The summed E-state index contributed by atoms with van der Waals surface area (Å²) in [6, 6.07) is 6.35. The third-order valence-electron chi connectivity index (χ3n) is 3.57. The average molecular weight is 439 g/mol. The number of carbonyl (C=O) groups is 2. The lowest BCUT2D eigenvalue weighted by Crippen LogP contribution is -2.22. The van der Waals surface area contributed by atoms with Gasteiger partial charge in [-0.1, -0.05) is 12.1 Å². The predicted molar refractivity (Wildman–Crippen MR) is 103 cm³/mol. The van der Waals surface area contributed by atoms with E-state index in [4.69, 9.17) is 21.1 Å². The third kappa shape index (κ3) is 10.8. The summed E-state index contributed by atoms with van der Waals surface area (Å²) < 4.78 is 34.4. The largest absolute Gasteiger partial charge is 0.494 e. The molecule has 8 nitrogen and oxygen atoms in total. The van der Waals surface area contributed by atoms with Gasteiger partial charge in [-0.05, 0) is 40.3 Å². The van der Waals surface area contributed by atoms with Gasteiger partial charge in [0, 0.05) is 5.56 Å². The molecule has 0 aliphatic carbocycles. The minimum absolute atomic E-state index is 0.108. The van der Waals surface area contributed by atoms with Crippen molar-refractivity contribution in [3.8, 4) is 5.75 Å². The molecule has 158 valence electrons. The van der Waals surface area contributed by atoms with Crippen LogP contribution in [0.15, 0.2) is 24.3 Å². The third-order valence-corrected chi connectivity index (χ3v) is 4.27. The van der Waals surface area contributed by atoms with Crippen molar-refractivity contribution in [2.24, 2.45) is 0 Å². The molecule has 0 saturated carbocycles. The van der Waals surface area contributed by atoms with Gasteiger partial charge >= 0.3 is 11.9 Å². The summed E-state index contributed by atoms with van der Waals surface area (Å²) in [5, 5.41) is 22.4. The number of benzene rings is 1. The number of aliphatic hydroxyl groups is 3. The summed E-state index contributed by atoms with van der Waals surface area (Å²) in [5.41, 5.74) is 0.365. The lowest BCUT2D eigenvalue weighted by molar-refractivity contribution is -0.153. The van der Waals surface area contributed by atoms with Crippen LogP contribution in [0.3, 0.4) is 0 Å². The van der Waals surface area contributed by atoms with E-state index in [1.54, 1.807) is 33.2 Å². The van der Waals surface area contributed by atoms with Crippen LogP contribution in [-0.4, -0.2) is 48.0 Å². The molecule has 0 fully saturated rings.